The molecule has 1 aromatic carbocycles. The van der Waals surface area contributed by atoms with E-state index in [2.05, 4.69) is 10.2 Å². The Morgan fingerprint density at radius 3 is 2.75 bits per heavy atom. The smallest absolute Gasteiger partial charge is 0.238 e. The number of anilines is 1. The second-order valence-corrected chi connectivity index (χ2v) is 6.50. The lowest BCUT2D eigenvalue weighted by Gasteiger charge is -2.30. The van der Waals surface area contributed by atoms with Gasteiger partial charge in [-0.15, -0.1) is 0 Å². The summed E-state index contributed by atoms with van der Waals surface area (Å²) < 4.78 is 0.951. The number of nitrogens with one attached hydrogen (secondary N) is 1. The van der Waals surface area contributed by atoms with E-state index in [9.17, 15) is 10.0 Å². The molecule has 1 fully saturated rings. The van der Waals surface area contributed by atoms with Gasteiger partial charge in [0.15, 0.2) is 11.9 Å². The molecule has 2 aromatic rings. The molecule has 2 heterocycles. The first-order valence-corrected chi connectivity index (χ1v) is 8.45. The Morgan fingerprint density at radius 1 is 1.25 bits per heavy atom. The number of piperidine rings is 1. The molecule has 0 unspecified atom stereocenters. The highest BCUT2D eigenvalue weighted by molar-refractivity contribution is 6.30. The molecule has 0 radical (unpaired) electrons. The minimum Gasteiger partial charge on any atom is -0.618 e. The molecule has 1 aliphatic rings. The third-order valence-electron chi connectivity index (χ3n) is 4.34. The van der Waals surface area contributed by atoms with Gasteiger partial charge in [0.25, 0.3) is 0 Å². The molecule has 0 spiro atoms. The topological polar surface area (TPSA) is 59.3 Å². The quantitative estimate of drug-likeness (QED) is 0.684. The van der Waals surface area contributed by atoms with Gasteiger partial charge in [0, 0.05) is 28.8 Å². The first-order chi connectivity index (χ1) is 11.6. The van der Waals surface area contributed by atoms with E-state index in [1.807, 2.05) is 24.3 Å². The molecule has 3 rings (SSSR count). The predicted molar refractivity (Wildman–Crippen MR) is 93.9 cm³/mol. The maximum atomic E-state index is 12.1. The summed E-state index contributed by atoms with van der Waals surface area (Å²) >= 11 is 5.92. The Bertz CT molecular complexity index is 715. The van der Waals surface area contributed by atoms with Crippen molar-refractivity contribution in [1.29, 1.82) is 0 Å². The maximum absolute atomic E-state index is 12.1. The standard InChI is InChI=1S/C18H20ClN3O2/c19-15-4-3-5-16(12-15)20-18(23)13-21-10-7-14(8-11-21)17-6-1-2-9-22(17)24/h1-6,9,12,14H,7-8,10-11,13H2,(H,20,23). The lowest BCUT2D eigenvalue weighted by molar-refractivity contribution is -0.616. The van der Waals surface area contributed by atoms with E-state index in [1.54, 1.807) is 24.4 Å². The molecule has 1 aromatic heterocycles. The van der Waals surface area contributed by atoms with E-state index in [-0.39, 0.29) is 11.8 Å². The van der Waals surface area contributed by atoms with Crippen LogP contribution in [-0.2, 0) is 4.79 Å². The van der Waals surface area contributed by atoms with Gasteiger partial charge in [-0.05, 0) is 44.1 Å². The Labute approximate surface area is 146 Å². The van der Waals surface area contributed by atoms with Gasteiger partial charge in [0.2, 0.25) is 5.91 Å². The molecule has 0 aliphatic carbocycles. The molecule has 1 N–H and O–H groups in total. The van der Waals surface area contributed by atoms with Crippen molar-refractivity contribution in [3.05, 3.63) is 64.6 Å². The van der Waals surface area contributed by atoms with Crippen LogP contribution in [0, 0.1) is 5.21 Å². The normalized spacial score (nSPS) is 16.0. The number of carbonyl (C=O) groups is 1. The molecular weight excluding hydrogens is 326 g/mol. The van der Waals surface area contributed by atoms with Crippen molar-refractivity contribution < 1.29 is 9.52 Å². The van der Waals surface area contributed by atoms with Crippen LogP contribution in [0.25, 0.3) is 0 Å². The average molecular weight is 346 g/mol. The first kappa shape index (κ1) is 16.7. The lowest BCUT2D eigenvalue weighted by Crippen LogP contribution is -2.41. The van der Waals surface area contributed by atoms with E-state index >= 15 is 0 Å². The monoisotopic (exact) mass is 345 g/mol. The van der Waals surface area contributed by atoms with Crippen LogP contribution in [0.2, 0.25) is 5.02 Å². The molecule has 126 valence electrons. The van der Waals surface area contributed by atoms with Gasteiger partial charge in [-0.2, -0.15) is 4.73 Å². The third kappa shape index (κ3) is 4.24. The Kier molecular flexibility index (Phi) is 5.33. The molecule has 1 saturated heterocycles. The van der Waals surface area contributed by atoms with Gasteiger partial charge >= 0.3 is 0 Å². The van der Waals surface area contributed by atoms with Gasteiger partial charge in [-0.3, -0.25) is 9.69 Å². The fraction of sp³-hybridized carbons (Fsp3) is 0.333. The number of rotatable bonds is 4. The second-order valence-electron chi connectivity index (χ2n) is 6.06. The fourth-order valence-electron chi connectivity index (χ4n) is 3.11. The summed E-state index contributed by atoms with van der Waals surface area (Å²) in [7, 11) is 0. The van der Waals surface area contributed by atoms with Gasteiger partial charge in [0.1, 0.15) is 0 Å². The number of pyridine rings is 1. The fourth-order valence-corrected chi connectivity index (χ4v) is 3.30. The molecule has 0 bridgehead atoms. The Morgan fingerprint density at radius 2 is 2.04 bits per heavy atom. The summed E-state index contributed by atoms with van der Waals surface area (Å²) in [5, 5.41) is 15.3. The van der Waals surface area contributed by atoms with E-state index in [0.29, 0.717) is 17.3 Å². The van der Waals surface area contributed by atoms with Gasteiger partial charge in [-0.25, -0.2) is 0 Å². The zero-order valence-electron chi connectivity index (χ0n) is 13.3. The highest BCUT2D eigenvalue weighted by Crippen LogP contribution is 2.25. The van der Waals surface area contributed by atoms with Crippen molar-refractivity contribution in [3.8, 4) is 0 Å². The van der Waals surface area contributed by atoms with E-state index in [0.717, 1.165) is 36.4 Å². The average Bonchev–Trinajstić information content (AvgIpc) is 2.56. The van der Waals surface area contributed by atoms with Crippen LogP contribution in [0.5, 0.6) is 0 Å². The number of likely N-dealkylation sites (tertiary alicyclic amines) is 1. The Balaban J connectivity index is 1.50. The summed E-state index contributed by atoms with van der Waals surface area (Å²) in [6.45, 7) is 1.97. The number of carbonyl (C=O) groups excluding carboxylic acids is 1. The molecule has 0 atom stereocenters. The summed E-state index contributed by atoms with van der Waals surface area (Å²) in [5.74, 6) is 0.213. The van der Waals surface area contributed by atoms with Crippen molar-refractivity contribution in [1.82, 2.24) is 4.90 Å². The van der Waals surface area contributed by atoms with Crippen molar-refractivity contribution in [2.45, 2.75) is 18.8 Å². The minimum atomic E-state index is -0.0469. The number of aromatic nitrogens is 1. The number of benzene rings is 1. The number of amides is 1. The molecule has 6 heteroatoms. The van der Waals surface area contributed by atoms with Crippen LogP contribution in [0.4, 0.5) is 5.69 Å². The van der Waals surface area contributed by atoms with Crippen molar-refractivity contribution in [2.75, 3.05) is 25.0 Å². The van der Waals surface area contributed by atoms with Crippen LogP contribution in [-0.4, -0.2) is 30.4 Å². The number of hydrogen-bond donors (Lipinski definition) is 1. The van der Waals surface area contributed by atoms with Crippen LogP contribution in [0.1, 0.15) is 24.5 Å². The Hall–Kier alpha value is -2.11. The minimum absolute atomic E-state index is 0.0469. The molecular formula is C18H20ClN3O2. The van der Waals surface area contributed by atoms with Crippen LogP contribution < -0.4 is 10.0 Å². The molecule has 1 aliphatic heterocycles. The SMILES string of the molecule is O=C(CN1CCC(c2cccc[n+]2[O-])CC1)Nc1cccc(Cl)c1. The van der Waals surface area contributed by atoms with Gasteiger partial charge in [0.05, 0.1) is 6.54 Å². The molecule has 1 amide bonds. The first-order valence-electron chi connectivity index (χ1n) is 8.07. The lowest BCUT2D eigenvalue weighted by atomic mass is 9.93. The number of nitrogens with zero attached hydrogens (tertiary/aromatic N) is 2. The van der Waals surface area contributed by atoms with E-state index in [1.165, 1.54) is 0 Å². The summed E-state index contributed by atoms with van der Waals surface area (Å²) in [5.41, 5.74) is 1.53. The van der Waals surface area contributed by atoms with Crippen LogP contribution in [0.3, 0.4) is 0 Å². The summed E-state index contributed by atoms with van der Waals surface area (Å²) in [6, 6.07) is 12.7. The number of hydrogen-bond acceptors (Lipinski definition) is 3. The largest absolute Gasteiger partial charge is 0.618 e. The van der Waals surface area contributed by atoms with Crippen molar-refractivity contribution in [3.63, 3.8) is 0 Å². The zero-order chi connectivity index (χ0) is 16.9. The molecule has 5 nitrogen and oxygen atoms in total. The molecule has 0 saturated carbocycles. The number of halogens is 1. The zero-order valence-corrected chi connectivity index (χ0v) is 14.1. The second kappa shape index (κ2) is 7.64. The van der Waals surface area contributed by atoms with Gasteiger partial charge in [-0.1, -0.05) is 23.7 Å². The third-order valence-corrected chi connectivity index (χ3v) is 4.57. The maximum Gasteiger partial charge on any atom is 0.238 e. The van der Waals surface area contributed by atoms with Crippen molar-refractivity contribution in [2.24, 2.45) is 0 Å². The van der Waals surface area contributed by atoms with E-state index < -0.39 is 0 Å². The highest BCUT2D eigenvalue weighted by atomic mass is 35.5. The van der Waals surface area contributed by atoms with Crippen molar-refractivity contribution >= 4 is 23.2 Å². The van der Waals surface area contributed by atoms with Crippen LogP contribution >= 0.6 is 11.6 Å². The summed E-state index contributed by atoms with van der Waals surface area (Å²) in [6.07, 6.45) is 3.31. The van der Waals surface area contributed by atoms with Crippen LogP contribution in [0.15, 0.2) is 48.7 Å². The summed E-state index contributed by atoms with van der Waals surface area (Å²) in [4.78, 5) is 14.3. The highest BCUT2D eigenvalue weighted by Gasteiger charge is 2.26. The molecule has 24 heavy (non-hydrogen) atoms. The van der Waals surface area contributed by atoms with Gasteiger partial charge < -0.3 is 10.5 Å². The predicted octanol–water partition coefficient (Wildman–Crippen LogP) is 2.79. The van der Waals surface area contributed by atoms with E-state index in [4.69, 9.17) is 11.6 Å².